The predicted molar refractivity (Wildman–Crippen MR) is 72.2 cm³/mol. The Bertz CT molecular complexity index is 535. The summed E-state index contributed by atoms with van der Waals surface area (Å²) in [5.41, 5.74) is 0.265. The lowest BCUT2D eigenvalue weighted by Gasteiger charge is -2.16. The van der Waals surface area contributed by atoms with Gasteiger partial charge in [0, 0.05) is 12.1 Å². The fourth-order valence-electron chi connectivity index (χ4n) is 2.57. The second-order valence-corrected chi connectivity index (χ2v) is 5.38. The van der Waals surface area contributed by atoms with Gasteiger partial charge in [0.1, 0.15) is 5.82 Å². The molecular weight excluding hydrogens is 285 g/mol. The minimum Gasteiger partial charge on any atom is -0.481 e. The molecule has 2 unspecified atom stereocenters. The van der Waals surface area contributed by atoms with Crippen LogP contribution in [0.4, 0.5) is 4.39 Å². The minimum atomic E-state index is -0.813. The maximum absolute atomic E-state index is 13.0. The van der Waals surface area contributed by atoms with Crippen LogP contribution in [0, 0.1) is 17.7 Å². The van der Waals surface area contributed by atoms with Crippen LogP contribution in [0.1, 0.15) is 29.6 Å². The van der Waals surface area contributed by atoms with Crippen molar-refractivity contribution in [3.05, 3.63) is 34.6 Å². The highest BCUT2D eigenvalue weighted by molar-refractivity contribution is 6.31. The Morgan fingerprint density at radius 1 is 1.40 bits per heavy atom. The molecule has 1 amide bonds. The Balaban J connectivity index is 1.95. The van der Waals surface area contributed by atoms with E-state index < -0.39 is 17.7 Å². The molecule has 0 aliphatic heterocycles. The molecule has 1 aromatic carbocycles. The Kier molecular flexibility index (Phi) is 4.60. The zero-order valence-corrected chi connectivity index (χ0v) is 11.5. The number of aliphatic carboxylic acids is 1. The maximum Gasteiger partial charge on any atom is 0.306 e. The van der Waals surface area contributed by atoms with Crippen LogP contribution in [0.2, 0.25) is 5.02 Å². The molecule has 20 heavy (non-hydrogen) atoms. The van der Waals surface area contributed by atoms with Crippen molar-refractivity contribution in [1.82, 2.24) is 5.32 Å². The first-order valence-corrected chi connectivity index (χ1v) is 6.83. The monoisotopic (exact) mass is 299 g/mol. The van der Waals surface area contributed by atoms with Gasteiger partial charge in [-0.3, -0.25) is 9.59 Å². The van der Waals surface area contributed by atoms with Gasteiger partial charge >= 0.3 is 5.97 Å². The molecule has 2 atom stereocenters. The number of carboxylic acid groups (broad SMARTS) is 1. The Morgan fingerprint density at radius 2 is 2.15 bits per heavy atom. The molecule has 2 N–H and O–H groups in total. The Morgan fingerprint density at radius 3 is 2.80 bits per heavy atom. The van der Waals surface area contributed by atoms with E-state index in [1.54, 1.807) is 0 Å². The standard InChI is InChI=1S/C14H15ClFNO3/c15-11-6-8(4-5-12(11)16)13(18)17-7-9-2-1-3-10(9)14(19)20/h4-6,9-10H,1-3,7H2,(H,17,18)(H,19,20). The molecule has 2 rings (SSSR count). The fraction of sp³-hybridized carbons (Fsp3) is 0.429. The summed E-state index contributed by atoms with van der Waals surface area (Å²) >= 11 is 5.62. The highest BCUT2D eigenvalue weighted by Gasteiger charge is 2.32. The van der Waals surface area contributed by atoms with Crippen LogP contribution in [-0.4, -0.2) is 23.5 Å². The first-order valence-electron chi connectivity index (χ1n) is 6.45. The van der Waals surface area contributed by atoms with E-state index in [0.717, 1.165) is 18.9 Å². The van der Waals surface area contributed by atoms with E-state index in [0.29, 0.717) is 13.0 Å². The number of rotatable bonds is 4. The lowest BCUT2D eigenvalue weighted by atomic mass is 9.96. The number of nitrogens with one attached hydrogen (secondary N) is 1. The fourth-order valence-corrected chi connectivity index (χ4v) is 2.75. The van der Waals surface area contributed by atoms with Crippen molar-refractivity contribution in [3.63, 3.8) is 0 Å². The van der Waals surface area contributed by atoms with Gasteiger partial charge in [-0.1, -0.05) is 18.0 Å². The van der Waals surface area contributed by atoms with Gasteiger partial charge in [0.05, 0.1) is 10.9 Å². The second-order valence-electron chi connectivity index (χ2n) is 4.97. The summed E-state index contributed by atoms with van der Waals surface area (Å²) in [4.78, 5) is 22.9. The topological polar surface area (TPSA) is 66.4 Å². The van der Waals surface area contributed by atoms with Crippen LogP contribution in [0.5, 0.6) is 0 Å². The van der Waals surface area contributed by atoms with Crippen LogP contribution in [0.25, 0.3) is 0 Å². The van der Waals surface area contributed by atoms with Gasteiger partial charge in [-0.2, -0.15) is 0 Å². The van der Waals surface area contributed by atoms with Crippen LogP contribution in [0.3, 0.4) is 0 Å². The average molecular weight is 300 g/mol. The van der Waals surface area contributed by atoms with Crippen LogP contribution in [-0.2, 0) is 4.79 Å². The van der Waals surface area contributed by atoms with E-state index in [1.165, 1.54) is 12.1 Å². The third-order valence-electron chi connectivity index (χ3n) is 3.68. The largest absolute Gasteiger partial charge is 0.481 e. The van der Waals surface area contributed by atoms with E-state index in [4.69, 9.17) is 16.7 Å². The molecule has 0 radical (unpaired) electrons. The van der Waals surface area contributed by atoms with Crippen molar-refractivity contribution in [1.29, 1.82) is 0 Å². The molecular formula is C14H15ClFNO3. The first kappa shape index (κ1) is 14.8. The number of benzene rings is 1. The molecule has 1 fully saturated rings. The zero-order valence-electron chi connectivity index (χ0n) is 10.7. The van der Waals surface area contributed by atoms with Crippen molar-refractivity contribution in [2.45, 2.75) is 19.3 Å². The van der Waals surface area contributed by atoms with Gasteiger partial charge in [-0.25, -0.2) is 4.39 Å². The van der Waals surface area contributed by atoms with Gasteiger partial charge in [0.15, 0.2) is 0 Å². The van der Waals surface area contributed by atoms with Gasteiger partial charge in [-0.05, 0) is 37.0 Å². The lowest BCUT2D eigenvalue weighted by Crippen LogP contribution is -2.33. The predicted octanol–water partition coefficient (Wildman–Crippen LogP) is 2.71. The summed E-state index contributed by atoms with van der Waals surface area (Å²) in [6.07, 6.45) is 2.31. The van der Waals surface area contributed by atoms with Gasteiger partial charge in [0.2, 0.25) is 0 Å². The molecule has 0 aromatic heterocycles. The van der Waals surface area contributed by atoms with E-state index in [-0.39, 0.29) is 22.4 Å². The summed E-state index contributed by atoms with van der Waals surface area (Å²) in [5.74, 6) is -2.21. The van der Waals surface area contributed by atoms with Gasteiger partial charge in [-0.15, -0.1) is 0 Å². The number of amides is 1. The van der Waals surface area contributed by atoms with E-state index in [1.807, 2.05) is 0 Å². The summed E-state index contributed by atoms with van der Waals surface area (Å²) in [7, 11) is 0. The van der Waals surface area contributed by atoms with Gasteiger partial charge in [0.25, 0.3) is 5.91 Å². The van der Waals surface area contributed by atoms with Gasteiger partial charge < -0.3 is 10.4 Å². The molecule has 1 aliphatic carbocycles. The molecule has 1 aromatic rings. The molecule has 1 aliphatic rings. The normalized spacial score (nSPS) is 21.7. The van der Waals surface area contributed by atoms with E-state index >= 15 is 0 Å². The molecule has 4 nitrogen and oxygen atoms in total. The number of carbonyl (C=O) groups is 2. The molecule has 0 bridgehead atoms. The van der Waals surface area contributed by atoms with Crippen molar-refractivity contribution in [2.24, 2.45) is 11.8 Å². The number of hydrogen-bond acceptors (Lipinski definition) is 2. The van der Waals surface area contributed by atoms with Crippen molar-refractivity contribution in [3.8, 4) is 0 Å². The van der Waals surface area contributed by atoms with Crippen LogP contribution in [0.15, 0.2) is 18.2 Å². The highest BCUT2D eigenvalue weighted by atomic mass is 35.5. The Hall–Kier alpha value is -1.62. The molecule has 0 spiro atoms. The lowest BCUT2D eigenvalue weighted by molar-refractivity contribution is -0.142. The summed E-state index contributed by atoms with van der Waals surface area (Å²) in [6, 6.07) is 3.74. The Labute approximate surface area is 120 Å². The summed E-state index contributed by atoms with van der Waals surface area (Å²) in [6.45, 7) is 0.310. The van der Waals surface area contributed by atoms with Crippen molar-refractivity contribution < 1.29 is 19.1 Å². The number of carboxylic acids is 1. The van der Waals surface area contributed by atoms with Crippen LogP contribution >= 0.6 is 11.6 Å². The average Bonchev–Trinajstić information content (AvgIpc) is 2.87. The third-order valence-corrected chi connectivity index (χ3v) is 3.97. The van der Waals surface area contributed by atoms with E-state index in [9.17, 15) is 14.0 Å². The highest BCUT2D eigenvalue weighted by Crippen LogP contribution is 2.31. The summed E-state index contributed by atoms with van der Waals surface area (Å²) < 4.78 is 13.0. The second kappa shape index (κ2) is 6.22. The molecule has 0 saturated heterocycles. The van der Waals surface area contributed by atoms with E-state index in [2.05, 4.69) is 5.32 Å². The number of halogens is 2. The molecule has 108 valence electrons. The number of carbonyl (C=O) groups excluding carboxylic acids is 1. The molecule has 6 heteroatoms. The van der Waals surface area contributed by atoms with Crippen molar-refractivity contribution >= 4 is 23.5 Å². The summed E-state index contributed by atoms with van der Waals surface area (Å²) in [5, 5.41) is 11.6. The minimum absolute atomic E-state index is 0.0487. The van der Waals surface area contributed by atoms with Crippen LogP contribution < -0.4 is 5.32 Å². The molecule has 0 heterocycles. The maximum atomic E-state index is 13.0. The number of hydrogen-bond donors (Lipinski definition) is 2. The first-order chi connectivity index (χ1) is 9.49. The van der Waals surface area contributed by atoms with Crippen molar-refractivity contribution in [2.75, 3.05) is 6.54 Å². The quantitative estimate of drug-likeness (QED) is 0.898. The SMILES string of the molecule is O=C(NCC1CCCC1C(=O)O)c1ccc(F)c(Cl)c1. The zero-order chi connectivity index (χ0) is 14.7. The smallest absolute Gasteiger partial charge is 0.306 e. The molecule has 1 saturated carbocycles. The third kappa shape index (κ3) is 3.28.